The fourth-order valence-electron chi connectivity index (χ4n) is 1.12. The molecule has 15 heavy (non-hydrogen) atoms. The summed E-state index contributed by atoms with van der Waals surface area (Å²) in [6.45, 7) is 7.98. The molecule has 0 saturated heterocycles. The highest BCUT2D eigenvalue weighted by Crippen LogP contribution is 2.06. The molecule has 0 aromatic carbocycles. The molecule has 0 heterocycles. The number of carbonyl (C=O) groups excluding carboxylic acids is 1. The maximum atomic E-state index is 11.2. The Kier molecular flexibility index (Phi) is 7.28. The van der Waals surface area contributed by atoms with Crippen molar-refractivity contribution >= 4 is 15.2 Å². The topological polar surface area (TPSA) is 47.6 Å². The van der Waals surface area contributed by atoms with Gasteiger partial charge in [-0.2, -0.15) is 0 Å². The SMILES string of the molecule is C=C(C)C(=O)NCC(C)C[SiH](OC)OC. The van der Waals surface area contributed by atoms with Gasteiger partial charge in [0.05, 0.1) is 0 Å². The molecule has 0 aliphatic rings. The summed E-state index contributed by atoms with van der Waals surface area (Å²) in [5.41, 5.74) is 0.537. The number of hydrogen-bond donors (Lipinski definition) is 1. The Hall–Kier alpha value is -0.653. The van der Waals surface area contributed by atoms with E-state index in [9.17, 15) is 4.79 Å². The molecule has 1 atom stereocenters. The van der Waals surface area contributed by atoms with Crippen molar-refractivity contribution in [3.8, 4) is 0 Å². The minimum Gasteiger partial charge on any atom is -0.400 e. The van der Waals surface area contributed by atoms with E-state index in [4.69, 9.17) is 8.85 Å². The molecule has 88 valence electrons. The first kappa shape index (κ1) is 14.3. The number of amides is 1. The monoisotopic (exact) mass is 231 g/mol. The first-order chi connectivity index (χ1) is 7.01. The molecular formula is C10H21NO3Si. The zero-order valence-corrected chi connectivity index (χ0v) is 11.2. The van der Waals surface area contributed by atoms with Crippen molar-refractivity contribution in [1.29, 1.82) is 0 Å². The molecule has 0 aromatic heterocycles. The Morgan fingerprint density at radius 3 is 2.40 bits per heavy atom. The van der Waals surface area contributed by atoms with Gasteiger partial charge in [0.25, 0.3) is 0 Å². The molecular weight excluding hydrogens is 210 g/mol. The van der Waals surface area contributed by atoms with Crippen LogP contribution >= 0.6 is 0 Å². The normalized spacial score (nSPS) is 12.6. The Morgan fingerprint density at radius 2 is 2.00 bits per heavy atom. The maximum Gasteiger partial charge on any atom is 0.321 e. The fourth-order valence-corrected chi connectivity index (χ4v) is 2.52. The molecule has 1 unspecified atom stereocenters. The van der Waals surface area contributed by atoms with Gasteiger partial charge in [-0.15, -0.1) is 0 Å². The number of hydrogen-bond acceptors (Lipinski definition) is 3. The highest BCUT2D eigenvalue weighted by molar-refractivity contribution is 6.44. The summed E-state index contributed by atoms with van der Waals surface area (Å²) in [6, 6.07) is 0.892. The van der Waals surface area contributed by atoms with Crippen LogP contribution in [0.5, 0.6) is 0 Å². The standard InChI is InChI=1S/C10H21NO3Si/c1-8(2)10(12)11-6-9(3)7-15(13-4)14-5/h9,15H,1,6-7H2,2-5H3,(H,11,12). The highest BCUT2D eigenvalue weighted by atomic mass is 28.3. The van der Waals surface area contributed by atoms with Crippen LogP contribution in [-0.2, 0) is 13.6 Å². The van der Waals surface area contributed by atoms with Crippen molar-refractivity contribution in [2.75, 3.05) is 20.8 Å². The van der Waals surface area contributed by atoms with E-state index in [2.05, 4.69) is 18.8 Å². The van der Waals surface area contributed by atoms with Gasteiger partial charge in [-0.05, 0) is 18.9 Å². The molecule has 0 saturated carbocycles. The zero-order valence-electron chi connectivity index (χ0n) is 10.0. The first-order valence-corrected chi connectivity index (χ1v) is 6.76. The second-order valence-electron chi connectivity index (χ2n) is 3.73. The average Bonchev–Trinajstić information content (AvgIpc) is 2.22. The third-order valence-electron chi connectivity index (χ3n) is 2.12. The van der Waals surface area contributed by atoms with Gasteiger partial charge in [-0.1, -0.05) is 13.5 Å². The number of nitrogens with one attached hydrogen (secondary N) is 1. The largest absolute Gasteiger partial charge is 0.400 e. The van der Waals surface area contributed by atoms with Crippen LogP contribution in [0.25, 0.3) is 0 Å². The Labute approximate surface area is 93.5 Å². The van der Waals surface area contributed by atoms with E-state index in [1.54, 1.807) is 21.1 Å². The predicted octanol–water partition coefficient (Wildman–Crippen LogP) is 0.828. The van der Waals surface area contributed by atoms with Crippen LogP contribution in [0.15, 0.2) is 12.2 Å². The van der Waals surface area contributed by atoms with Crippen LogP contribution in [0.1, 0.15) is 13.8 Å². The van der Waals surface area contributed by atoms with E-state index >= 15 is 0 Å². The van der Waals surface area contributed by atoms with Crippen molar-refractivity contribution < 1.29 is 13.6 Å². The van der Waals surface area contributed by atoms with E-state index in [0.29, 0.717) is 18.0 Å². The van der Waals surface area contributed by atoms with Crippen molar-refractivity contribution in [2.45, 2.75) is 19.9 Å². The summed E-state index contributed by atoms with van der Waals surface area (Å²) in [5.74, 6) is 0.278. The first-order valence-electron chi connectivity index (χ1n) is 5.00. The summed E-state index contributed by atoms with van der Waals surface area (Å²) in [6.07, 6.45) is 0. The lowest BCUT2D eigenvalue weighted by atomic mass is 10.2. The second kappa shape index (κ2) is 7.61. The van der Waals surface area contributed by atoms with Crippen molar-refractivity contribution in [3.63, 3.8) is 0 Å². The molecule has 4 nitrogen and oxygen atoms in total. The van der Waals surface area contributed by atoms with E-state index in [-0.39, 0.29) is 5.91 Å². The van der Waals surface area contributed by atoms with Crippen LogP contribution < -0.4 is 5.32 Å². The highest BCUT2D eigenvalue weighted by Gasteiger charge is 2.15. The number of carbonyl (C=O) groups is 1. The van der Waals surface area contributed by atoms with Gasteiger partial charge in [0.2, 0.25) is 5.91 Å². The molecule has 0 aliphatic carbocycles. The van der Waals surface area contributed by atoms with Gasteiger partial charge in [0, 0.05) is 26.3 Å². The van der Waals surface area contributed by atoms with E-state index in [0.717, 1.165) is 6.04 Å². The van der Waals surface area contributed by atoms with Crippen LogP contribution in [0.2, 0.25) is 6.04 Å². The lowest BCUT2D eigenvalue weighted by Crippen LogP contribution is -2.31. The third kappa shape index (κ3) is 6.43. The summed E-state index contributed by atoms with van der Waals surface area (Å²) in [5, 5.41) is 2.81. The van der Waals surface area contributed by atoms with Gasteiger partial charge >= 0.3 is 9.28 Å². The van der Waals surface area contributed by atoms with E-state index in [1.165, 1.54) is 0 Å². The molecule has 0 rings (SSSR count). The lowest BCUT2D eigenvalue weighted by molar-refractivity contribution is -0.117. The molecule has 1 N–H and O–H groups in total. The molecule has 0 fully saturated rings. The van der Waals surface area contributed by atoms with Crippen LogP contribution in [0, 0.1) is 5.92 Å². The summed E-state index contributed by atoms with van der Waals surface area (Å²) in [7, 11) is 1.82. The molecule has 0 aliphatic heterocycles. The van der Waals surface area contributed by atoms with Crippen LogP contribution in [0.3, 0.4) is 0 Å². The van der Waals surface area contributed by atoms with Crippen molar-refractivity contribution in [1.82, 2.24) is 5.32 Å². The molecule has 5 heteroatoms. The third-order valence-corrected chi connectivity index (χ3v) is 4.36. The number of rotatable bonds is 7. The van der Waals surface area contributed by atoms with Crippen LogP contribution in [0.4, 0.5) is 0 Å². The fraction of sp³-hybridized carbons (Fsp3) is 0.700. The van der Waals surface area contributed by atoms with E-state index in [1.807, 2.05) is 0 Å². The average molecular weight is 231 g/mol. The molecule has 0 aromatic rings. The smallest absolute Gasteiger partial charge is 0.321 e. The lowest BCUT2D eigenvalue weighted by Gasteiger charge is -2.16. The van der Waals surface area contributed by atoms with Gasteiger partial charge in [-0.25, -0.2) is 0 Å². The van der Waals surface area contributed by atoms with Crippen molar-refractivity contribution in [3.05, 3.63) is 12.2 Å². The van der Waals surface area contributed by atoms with Gasteiger partial charge < -0.3 is 14.2 Å². The Balaban J connectivity index is 3.78. The minimum atomic E-state index is -1.51. The van der Waals surface area contributed by atoms with Crippen LogP contribution in [-0.4, -0.2) is 36.0 Å². The van der Waals surface area contributed by atoms with Gasteiger partial charge in [0.1, 0.15) is 0 Å². The summed E-state index contributed by atoms with van der Waals surface area (Å²) >= 11 is 0. The predicted molar refractivity (Wildman–Crippen MR) is 63.0 cm³/mol. The molecule has 1 amide bonds. The maximum absolute atomic E-state index is 11.2. The van der Waals surface area contributed by atoms with Gasteiger partial charge in [-0.3, -0.25) is 4.79 Å². The minimum absolute atomic E-state index is 0.0881. The molecule has 0 bridgehead atoms. The van der Waals surface area contributed by atoms with Gasteiger partial charge in [0.15, 0.2) is 0 Å². The quantitative estimate of drug-likeness (QED) is 0.521. The second-order valence-corrected chi connectivity index (χ2v) is 6.01. The molecule has 0 spiro atoms. The van der Waals surface area contributed by atoms with Crippen molar-refractivity contribution in [2.24, 2.45) is 5.92 Å². The molecule has 0 radical (unpaired) electrons. The summed E-state index contributed by atoms with van der Waals surface area (Å²) < 4.78 is 10.4. The van der Waals surface area contributed by atoms with E-state index < -0.39 is 9.28 Å². The zero-order chi connectivity index (χ0) is 11.8. The Bertz CT molecular complexity index is 217. The Morgan fingerprint density at radius 1 is 1.47 bits per heavy atom. The summed E-state index contributed by atoms with van der Waals surface area (Å²) in [4.78, 5) is 11.2.